The zero-order chi connectivity index (χ0) is 10.8. The van der Waals surface area contributed by atoms with E-state index in [4.69, 9.17) is 10.5 Å². The van der Waals surface area contributed by atoms with Gasteiger partial charge < -0.3 is 10.5 Å². The second-order valence-corrected chi connectivity index (χ2v) is 3.50. The molecule has 0 saturated heterocycles. The average Bonchev–Trinajstić information content (AvgIpc) is 2.52. The fraction of sp³-hybridized carbons (Fsp3) is 0.625. The molecule has 1 aromatic rings. The maximum absolute atomic E-state index is 12.1. The van der Waals surface area contributed by atoms with Crippen LogP contribution in [0.25, 0.3) is 0 Å². The molecule has 0 atom stereocenters. The van der Waals surface area contributed by atoms with Crippen LogP contribution in [0.3, 0.4) is 0 Å². The minimum Gasteiger partial charge on any atom is -0.483 e. The summed E-state index contributed by atoms with van der Waals surface area (Å²) < 4.78 is 30.1. The molecule has 2 N–H and O–H groups in total. The lowest BCUT2D eigenvalue weighted by molar-refractivity contribution is 0.0554. The Morgan fingerprint density at radius 2 is 2.29 bits per heavy atom. The van der Waals surface area contributed by atoms with Crippen molar-refractivity contribution in [2.75, 3.05) is 6.54 Å². The minimum atomic E-state index is -2.65. The number of ether oxygens (including phenoxy) is 1. The van der Waals surface area contributed by atoms with E-state index >= 15 is 0 Å². The van der Waals surface area contributed by atoms with Gasteiger partial charge in [0.15, 0.2) is 5.75 Å². The summed E-state index contributed by atoms with van der Waals surface area (Å²) >= 11 is 0. The Labute approximate surface area is 80.6 Å². The highest BCUT2D eigenvalue weighted by Crippen LogP contribution is 2.19. The molecule has 0 saturated carbocycles. The van der Waals surface area contributed by atoms with E-state index < -0.39 is 12.2 Å². The van der Waals surface area contributed by atoms with Crippen molar-refractivity contribution in [2.45, 2.75) is 26.0 Å². The molecular weight excluding hydrogens is 192 g/mol. The smallest absolute Gasteiger partial charge is 0.333 e. The SMILES string of the molecule is CC(C)(CN)Oc1cnn(C(F)F)c1. The molecular formula is C8H13F2N3O. The number of nitrogens with two attached hydrogens (primary N) is 1. The molecule has 0 aliphatic heterocycles. The van der Waals surface area contributed by atoms with Crippen molar-refractivity contribution < 1.29 is 13.5 Å². The summed E-state index contributed by atoms with van der Waals surface area (Å²) in [5.74, 6) is 0.292. The van der Waals surface area contributed by atoms with Crippen LogP contribution >= 0.6 is 0 Å². The Morgan fingerprint density at radius 1 is 1.64 bits per heavy atom. The lowest BCUT2D eigenvalue weighted by Crippen LogP contribution is -2.36. The number of nitrogens with zero attached hydrogens (tertiary/aromatic N) is 2. The van der Waals surface area contributed by atoms with Gasteiger partial charge in [-0.25, -0.2) is 4.68 Å². The van der Waals surface area contributed by atoms with Gasteiger partial charge in [-0.15, -0.1) is 0 Å². The van der Waals surface area contributed by atoms with Crippen molar-refractivity contribution in [3.05, 3.63) is 12.4 Å². The molecule has 0 bridgehead atoms. The van der Waals surface area contributed by atoms with Crippen LogP contribution in [-0.2, 0) is 0 Å². The highest BCUT2D eigenvalue weighted by Gasteiger charge is 2.19. The third-order valence-corrected chi connectivity index (χ3v) is 1.66. The van der Waals surface area contributed by atoms with Gasteiger partial charge in [-0.05, 0) is 13.8 Å². The molecule has 0 amide bonds. The normalized spacial score (nSPS) is 12.1. The quantitative estimate of drug-likeness (QED) is 0.808. The van der Waals surface area contributed by atoms with Crippen LogP contribution in [0.2, 0.25) is 0 Å². The summed E-state index contributed by atoms with van der Waals surface area (Å²) in [6, 6.07) is 0. The van der Waals surface area contributed by atoms with Crippen LogP contribution in [0, 0.1) is 0 Å². The summed E-state index contributed by atoms with van der Waals surface area (Å²) in [6.07, 6.45) is 2.38. The molecule has 4 nitrogen and oxygen atoms in total. The van der Waals surface area contributed by atoms with E-state index in [1.807, 2.05) is 0 Å². The first-order valence-corrected chi connectivity index (χ1v) is 4.16. The van der Waals surface area contributed by atoms with Gasteiger partial charge in [0.25, 0.3) is 0 Å². The van der Waals surface area contributed by atoms with Gasteiger partial charge in [-0.2, -0.15) is 13.9 Å². The van der Waals surface area contributed by atoms with Crippen molar-refractivity contribution in [3.63, 3.8) is 0 Å². The number of rotatable bonds is 4. The predicted octanol–water partition coefficient (Wildman–Crippen LogP) is 1.39. The highest BCUT2D eigenvalue weighted by molar-refractivity contribution is 5.13. The van der Waals surface area contributed by atoms with Crippen molar-refractivity contribution in [2.24, 2.45) is 5.73 Å². The lowest BCUT2D eigenvalue weighted by Gasteiger charge is -2.23. The van der Waals surface area contributed by atoms with Gasteiger partial charge in [0.2, 0.25) is 0 Å². The van der Waals surface area contributed by atoms with Crippen molar-refractivity contribution in [1.29, 1.82) is 0 Å². The van der Waals surface area contributed by atoms with Gasteiger partial charge in [0.05, 0.1) is 12.4 Å². The van der Waals surface area contributed by atoms with Gasteiger partial charge in [0, 0.05) is 6.54 Å². The minimum absolute atomic E-state index is 0.292. The average molecular weight is 205 g/mol. The van der Waals surface area contributed by atoms with Crippen LogP contribution in [0.5, 0.6) is 5.75 Å². The molecule has 14 heavy (non-hydrogen) atoms. The first-order chi connectivity index (χ1) is 6.44. The number of alkyl halides is 2. The maximum Gasteiger partial charge on any atom is 0.333 e. The van der Waals surface area contributed by atoms with Gasteiger partial charge in [-0.1, -0.05) is 0 Å². The number of hydrogen-bond donors (Lipinski definition) is 1. The fourth-order valence-corrected chi connectivity index (χ4v) is 0.841. The van der Waals surface area contributed by atoms with Crippen LogP contribution in [0.15, 0.2) is 12.4 Å². The Balaban J connectivity index is 2.69. The molecule has 0 fully saturated rings. The zero-order valence-electron chi connectivity index (χ0n) is 8.08. The Morgan fingerprint density at radius 3 is 2.71 bits per heavy atom. The summed E-state index contributed by atoms with van der Waals surface area (Å²) in [5, 5.41) is 3.44. The Bertz CT molecular complexity index is 299. The second kappa shape index (κ2) is 3.91. The van der Waals surface area contributed by atoms with Gasteiger partial charge >= 0.3 is 6.55 Å². The molecule has 1 rings (SSSR count). The number of hydrogen-bond acceptors (Lipinski definition) is 3. The molecule has 0 aromatic carbocycles. The molecule has 0 aliphatic rings. The summed E-state index contributed by atoms with van der Waals surface area (Å²) in [4.78, 5) is 0. The number of aromatic nitrogens is 2. The third kappa shape index (κ3) is 2.66. The first kappa shape index (κ1) is 10.9. The lowest BCUT2D eigenvalue weighted by atomic mass is 10.1. The molecule has 80 valence electrons. The topological polar surface area (TPSA) is 53.1 Å². The first-order valence-electron chi connectivity index (χ1n) is 4.16. The van der Waals surface area contributed by atoms with Crippen LogP contribution < -0.4 is 10.5 Å². The van der Waals surface area contributed by atoms with E-state index in [-0.39, 0.29) is 0 Å². The van der Waals surface area contributed by atoms with Crippen molar-refractivity contribution >= 4 is 0 Å². The summed E-state index contributed by atoms with van der Waals surface area (Å²) in [6.45, 7) is 1.19. The maximum atomic E-state index is 12.1. The molecule has 0 unspecified atom stereocenters. The molecule has 1 aromatic heterocycles. The molecule has 1 heterocycles. The molecule has 0 radical (unpaired) electrons. The predicted molar refractivity (Wildman–Crippen MR) is 47.2 cm³/mol. The third-order valence-electron chi connectivity index (χ3n) is 1.66. The highest BCUT2D eigenvalue weighted by atomic mass is 19.3. The molecule has 6 heteroatoms. The molecule has 0 aliphatic carbocycles. The monoisotopic (exact) mass is 205 g/mol. The second-order valence-electron chi connectivity index (χ2n) is 3.50. The largest absolute Gasteiger partial charge is 0.483 e. The van der Waals surface area contributed by atoms with E-state index in [9.17, 15) is 8.78 Å². The molecule has 0 spiro atoms. The van der Waals surface area contributed by atoms with E-state index in [1.165, 1.54) is 6.20 Å². The van der Waals surface area contributed by atoms with Crippen LogP contribution in [-0.4, -0.2) is 21.9 Å². The van der Waals surface area contributed by atoms with Crippen molar-refractivity contribution in [3.8, 4) is 5.75 Å². The summed E-state index contributed by atoms with van der Waals surface area (Å²) in [5.41, 5.74) is 4.85. The fourth-order valence-electron chi connectivity index (χ4n) is 0.841. The van der Waals surface area contributed by atoms with E-state index in [0.717, 1.165) is 6.20 Å². The number of halogens is 2. The van der Waals surface area contributed by atoms with Crippen molar-refractivity contribution in [1.82, 2.24) is 9.78 Å². The zero-order valence-corrected chi connectivity index (χ0v) is 8.08. The Kier molecular flexibility index (Phi) is 3.05. The van der Waals surface area contributed by atoms with Gasteiger partial charge in [0.1, 0.15) is 5.60 Å². The van der Waals surface area contributed by atoms with E-state index in [2.05, 4.69) is 5.10 Å². The summed E-state index contributed by atoms with van der Waals surface area (Å²) in [7, 11) is 0. The standard InChI is InChI=1S/C8H13F2N3O/c1-8(2,5-11)14-6-3-12-13(4-6)7(9)10/h3-4,7H,5,11H2,1-2H3. The Hall–Kier alpha value is -1.17. The van der Waals surface area contributed by atoms with Crippen LogP contribution in [0.1, 0.15) is 20.4 Å². The van der Waals surface area contributed by atoms with E-state index in [1.54, 1.807) is 13.8 Å². The van der Waals surface area contributed by atoms with Crippen LogP contribution in [0.4, 0.5) is 8.78 Å². The van der Waals surface area contributed by atoms with E-state index in [0.29, 0.717) is 17.0 Å². The van der Waals surface area contributed by atoms with Gasteiger partial charge in [-0.3, -0.25) is 0 Å².